The lowest BCUT2D eigenvalue weighted by molar-refractivity contribution is 0.130. The maximum Gasteiger partial charge on any atom is 0.225 e. The van der Waals surface area contributed by atoms with E-state index >= 15 is 0 Å². The number of rotatable bonds is 8. The fourth-order valence-corrected chi connectivity index (χ4v) is 2.08. The summed E-state index contributed by atoms with van der Waals surface area (Å²) in [6.45, 7) is 5.54. The molecule has 0 aliphatic heterocycles. The first-order valence-electron chi connectivity index (χ1n) is 6.66. The van der Waals surface area contributed by atoms with Gasteiger partial charge >= 0.3 is 0 Å². The molecule has 1 aliphatic carbocycles. The van der Waals surface area contributed by atoms with Crippen LogP contribution in [0.1, 0.15) is 26.2 Å². The lowest BCUT2D eigenvalue weighted by Gasteiger charge is -2.18. The molecule has 0 radical (unpaired) electrons. The number of anilines is 1. The smallest absolute Gasteiger partial charge is 0.225 e. The molecule has 0 amide bonds. The van der Waals surface area contributed by atoms with E-state index in [2.05, 4.69) is 22.0 Å². The predicted molar refractivity (Wildman–Crippen MR) is 74.5 cm³/mol. The molecule has 1 heterocycles. The van der Waals surface area contributed by atoms with Gasteiger partial charge in [0, 0.05) is 26.7 Å². The van der Waals surface area contributed by atoms with Crippen molar-refractivity contribution >= 4 is 18.2 Å². The van der Waals surface area contributed by atoms with Crippen LogP contribution < -0.4 is 4.90 Å². The molecule has 0 unspecified atom stereocenters. The van der Waals surface area contributed by atoms with Crippen molar-refractivity contribution in [3.63, 3.8) is 0 Å². The van der Waals surface area contributed by atoms with E-state index in [1.165, 1.54) is 12.8 Å². The highest BCUT2D eigenvalue weighted by Crippen LogP contribution is 2.28. The van der Waals surface area contributed by atoms with E-state index in [1.807, 2.05) is 11.6 Å². The second-order valence-corrected chi connectivity index (χ2v) is 5.31. The summed E-state index contributed by atoms with van der Waals surface area (Å²) in [5.41, 5.74) is 0. The van der Waals surface area contributed by atoms with Gasteiger partial charge in [-0.3, -0.25) is 4.57 Å². The highest BCUT2D eigenvalue weighted by Gasteiger charge is 2.21. The first kappa shape index (κ1) is 13.5. The molecule has 1 saturated carbocycles. The van der Waals surface area contributed by atoms with Crippen molar-refractivity contribution in [3.8, 4) is 0 Å². The number of aromatic nitrogens is 3. The van der Waals surface area contributed by atoms with E-state index in [4.69, 9.17) is 17.0 Å². The normalized spacial score (nSPS) is 15.0. The van der Waals surface area contributed by atoms with E-state index in [0.29, 0.717) is 4.77 Å². The van der Waals surface area contributed by atoms with Crippen molar-refractivity contribution in [1.29, 1.82) is 0 Å². The van der Waals surface area contributed by atoms with E-state index in [0.717, 1.165) is 44.6 Å². The first-order chi connectivity index (χ1) is 8.72. The Morgan fingerprint density at radius 3 is 3.00 bits per heavy atom. The zero-order chi connectivity index (χ0) is 13.0. The van der Waals surface area contributed by atoms with Gasteiger partial charge in [-0.1, -0.05) is 6.92 Å². The van der Waals surface area contributed by atoms with Crippen molar-refractivity contribution in [3.05, 3.63) is 4.77 Å². The summed E-state index contributed by atoms with van der Waals surface area (Å²) in [4.78, 5) is 2.09. The van der Waals surface area contributed by atoms with Gasteiger partial charge in [0.05, 0.1) is 6.61 Å². The number of hydrogen-bond acceptors (Lipinski definition) is 4. The number of hydrogen-bond donors (Lipinski definition) is 1. The lowest BCUT2D eigenvalue weighted by Crippen LogP contribution is -2.26. The second-order valence-electron chi connectivity index (χ2n) is 4.92. The Hall–Kier alpha value is -0.880. The van der Waals surface area contributed by atoms with E-state index in [1.54, 1.807) is 0 Å². The molecule has 1 aliphatic rings. The van der Waals surface area contributed by atoms with Crippen LogP contribution in [0.2, 0.25) is 0 Å². The largest absolute Gasteiger partial charge is 0.379 e. The third kappa shape index (κ3) is 3.55. The van der Waals surface area contributed by atoms with Crippen LogP contribution in [0.3, 0.4) is 0 Å². The molecule has 102 valence electrons. The van der Waals surface area contributed by atoms with Gasteiger partial charge in [-0.2, -0.15) is 0 Å². The van der Waals surface area contributed by atoms with Crippen molar-refractivity contribution in [2.24, 2.45) is 5.92 Å². The molecule has 1 aromatic rings. The Bertz CT molecular complexity index is 424. The van der Waals surface area contributed by atoms with Gasteiger partial charge in [-0.15, -0.1) is 5.10 Å². The Balaban J connectivity index is 1.82. The Kier molecular flexibility index (Phi) is 4.77. The lowest BCUT2D eigenvalue weighted by atomic mass is 10.4. The van der Waals surface area contributed by atoms with Crippen molar-refractivity contribution in [1.82, 2.24) is 14.8 Å². The summed E-state index contributed by atoms with van der Waals surface area (Å²) in [5, 5.41) is 7.13. The van der Waals surface area contributed by atoms with Gasteiger partial charge in [-0.25, -0.2) is 5.10 Å². The average Bonchev–Trinajstić information content (AvgIpc) is 3.11. The minimum absolute atomic E-state index is 0.692. The molecular formula is C12H22N4OS. The predicted octanol–water partition coefficient (Wildman–Crippen LogP) is 2.21. The van der Waals surface area contributed by atoms with Crippen LogP contribution in [0, 0.1) is 10.7 Å². The Morgan fingerprint density at radius 1 is 1.56 bits per heavy atom. The minimum atomic E-state index is 0.692. The fourth-order valence-electron chi connectivity index (χ4n) is 1.86. The number of ether oxygens (including phenoxy) is 1. The van der Waals surface area contributed by atoms with Gasteiger partial charge in [0.1, 0.15) is 0 Å². The van der Waals surface area contributed by atoms with Crippen LogP contribution in [0.4, 0.5) is 5.95 Å². The van der Waals surface area contributed by atoms with Crippen LogP contribution in [0.15, 0.2) is 0 Å². The molecule has 1 fully saturated rings. The summed E-state index contributed by atoms with van der Waals surface area (Å²) in [6.07, 6.45) is 3.73. The van der Waals surface area contributed by atoms with E-state index in [9.17, 15) is 0 Å². The fraction of sp³-hybridized carbons (Fsp3) is 0.833. The summed E-state index contributed by atoms with van der Waals surface area (Å²) < 4.78 is 8.37. The molecule has 6 heteroatoms. The van der Waals surface area contributed by atoms with Gasteiger partial charge in [0.2, 0.25) is 5.95 Å². The second kappa shape index (κ2) is 6.33. The third-order valence-corrected chi connectivity index (χ3v) is 3.46. The number of aromatic amines is 1. The van der Waals surface area contributed by atoms with Gasteiger partial charge < -0.3 is 9.64 Å². The molecule has 0 spiro atoms. The maximum absolute atomic E-state index is 5.64. The van der Waals surface area contributed by atoms with Gasteiger partial charge in [0.15, 0.2) is 4.77 Å². The summed E-state index contributed by atoms with van der Waals surface area (Å²) in [5.74, 6) is 1.72. The van der Waals surface area contributed by atoms with Gasteiger partial charge in [0.25, 0.3) is 0 Å². The molecule has 1 N–H and O–H groups in total. The van der Waals surface area contributed by atoms with Crippen LogP contribution in [-0.2, 0) is 11.3 Å². The molecule has 0 saturated heterocycles. The van der Waals surface area contributed by atoms with Crippen LogP contribution in [-0.4, -0.2) is 41.6 Å². The summed E-state index contributed by atoms with van der Waals surface area (Å²) in [7, 11) is 2.03. The zero-order valence-electron chi connectivity index (χ0n) is 11.2. The summed E-state index contributed by atoms with van der Waals surface area (Å²) >= 11 is 5.22. The molecule has 0 bridgehead atoms. The molecular weight excluding hydrogens is 248 g/mol. The van der Waals surface area contributed by atoms with Crippen molar-refractivity contribution in [2.45, 2.75) is 32.7 Å². The number of nitrogens with one attached hydrogen (secondary N) is 1. The molecule has 5 nitrogen and oxygen atoms in total. The standard InChI is InChI=1S/C12H22N4OS/c1-3-6-16-11(13-14-12(16)18)15(2)7-8-17-9-10-4-5-10/h10H,3-9H2,1-2H3,(H,14,18). The highest BCUT2D eigenvalue weighted by atomic mass is 32.1. The van der Waals surface area contributed by atoms with E-state index in [-0.39, 0.29) is 0 Å². The Labute approximate surface area is 113 Å². The number of nitrogens with zero attached hydrogens (tertiary/aromatic N) is 3. The molecule has 0 atom stereocenters. The maximum atomic E-state index is 5.64. The van der Waals surface area contributed by atoms with Gasteiger partial charge in [-0.05, 0) is 37.4 Å². The third-order valence-electron chi connectivity index (χ3n) is 3.15. The van der Waals surface area contributed by atoms with Crippen molar-refractivity contribution < 1.29 is 4.74 Å². The zero-order valence-corrected chi connectivity index (χ0v) is 12.0. The molecule has 2 rings (SSSR count). The number of H-pyrrole nitrogens is 1. The van der Waals surface area contributed by atoms with Crippen LogP contribution in [0.25, 0.3) is 0 Å². The minimum Gasteiger partial charge on any atom is -0.379 e. The first-order valence-corrected chi connectivity index (χ1v) is 7.07. The highest BCUT2D eigenvalue weighted by molar-refractivity contribution is 7.71. The van der Waals surface area contributed by atoms with Crippen molar-refractivity contribution in [2.75, 3.05) is 31.7 Å². The Morgan fingerprint density at radius 2 is 2.33 bits per heavy atom. The van der Waals surface area contributed by atoms with Crippen LogP contribution >= 0.6 is 12.2 Å². The molecule has 18 heavy (non-hydrogen) atoms. The number of likely N-dealkylation sites (N-methyl/N-ethyl adjacent to an activating group) is 1. The quantitative estimate of drug-likeness (QED) is 0.581. The molecule has 1 aromatic heterocycles. The monoisotopic (exact) mass is 270 g/mol. The van der Waals surface area contributed by atoms with E-state index < -0.39 is 0 Å². The molecule has 0 aromatic carbocycles. The SMILES string of the molecule is CCCn1c(N(C)CCOCC2CC2)n[nH]c1=S. The summed E-state index contributed by atoms with van der Waals surface area (Å²) in [6, 6.07) is 0. The van der Waals surface area contributed by atoms with Crippen LogP contribution in [0.5, 0.6) is 0 Å². The topological polar surface area (TPSA) is 46.1 Å². The average molecular weight is 270 g/mol.